The summed E-state index contributed by atoms with van der Waals surface area (Å²) in [6.07, 6.45) is 0.356. The maximum Gasteiger partial charge on any atom is 0.224 e. The van der Waals surface area contributed by atoms with Gasteiger partial charge in [-0.15, -0.1) is 11.3 Å². The Morgan fingerprint density at radius 2 is 1.85 bits per heavy atom. The minimum absolute atomic E-state index is 0.00408. The van der Waals surface area contributed by atoms with Crippen LogP contribution >= 0.6 is 11.3 Å². The van der Waals surface area contributed by atoms with Crippen molar-refractivity contribution < 1.29 is 9.53 Å². The molecule has 1 heterocycles. The van der Waals surface area contributed by atoms with E-state index in [9.17, 15) is 4.79 Å². The summed E-state index contributed by atoms with van der Waals surface area (Å²) in [5.41, 5.74) is 4.30. The number of thiazole rings is 1. The van der Waals surface area contributed by atoms with E-state index < -0.39 is 0 Å². The van der Waals surface area contributed by atoms with Gasteiger partial charge in [-0.2, -0.15) is 0 Å². The van der Waals surface area contributed by atoms with Gasteiger partial charge < -0.3 is 10.1 Å². The SMILES string of the molecule is CCOc1ccc(CC(=O)NCc2sc(-c3ccccc3C)nc2C)cc1. The predicted octanol–water partition coefficient (Wildman–Crippen LogP) is 4.68. The predicted molar refractivity (Wildman–Crippen MR) is 110 cm³/mol. The second-order valence-corrected chi connectivity index (χ2v) is 7.46. The number of rotatable bonds is 7. The molecule has 0 spiro atoms. The standard InChI is InChI=1S/C22H24N2O2S/c1-4-26-18-11-9-17(10-12-18)13-21(25)23-14-20-16(3)24-22(27-20)19-8-6-5-7-15(19)2/h5-12H,4,13-14H2,1-3H3,(H,23,25). The van der Waals surface area contributed by atoms with E-state index in [1.807, 2.05) is 50.2 Å². The quantitative estimate of drug-likeness (QED) is 0.647. The molecule has 0 fully saturated rings. The van der Waals surface area contributed by atoms with E-state index in [4.69, 9.17) is 4.74 Å². The first-order valence-corrected chi connectivity index (χ1v) is 9.89. The molecule has 1 aromatic heterocycles. The van der Waals surface area contributed by atoms with E-state index >= 15 is 0 Å². The Hall–Kier alpha value is -2.66. The molecule has 0 bridgehead atoms. The molecule has 0 saturated heterocycles. The number of aromatic nitrogens is 1. The van der Waals surface area contributed by atoms with E-state index in [1.54, 1.807) is 11.3 Å². The van der Waals surface area contributed by atoms with E-state index in [2.05, 4.69) is 29.4 Å². The summed E-state index contributed by atoms with van der Waals surface area (Å²) in [4.78, 5) is 18.1. The van der Waals surface area contributed by atoms with Crippen LogP contribution in [0.5, 0.6) is 5.75 Å². The lowest BCUT2D eigenvalue weighted by atomic mass is 10.1. The van der Waals surface area contributed by atoms with Crippen molar-refractivity contribution in [2.75, 3.05) is 6.61 Å². The van der Waals surface area contributed by atoms with Crippen molar-refractivity contribution in [2.24, 2.45) is 0 Å². The highest BCUT2D eigenvalue weighted by molar-refractivity contribution is 7.15. The van der Waals surface area contributed by atoms with E-state index in [1.165, 1.54) is 5.56 Å². The third kappa shape index (κ3) is 4.95. The smallest absolute Gasteiger partial charge is 0.224 e. The highest BCUT2D eigenvalue weighted by atomic mass is 32.1. The molecule has 5 heteroatoms. The molecule has 0 radical (unpaired) electrons. The largest absolute Gasteiger partial charge is 0.494 e. The van der Waals surface area contributed by atoms with Gasteiger partial charge in [0, 0.05) is 10.4 Å². The van der Waals surface area contributed by atoms with Gasteiger partial charge in [-0.25, -0.2) is 4.98 Å². The molecule has 0 unspecified atom stereocenters. The molecule has 27 heavy (non-hydrogen) atoms. The second-order valence-electron chi connectivity index (χ2n) is 6.37. The van der Waals surface area contributed by atoms with Crippen molar-refractivity contribution >= 4 is 17.2 Å². The Balaban J connectivity index is 1.60. The first kappa shape index (κ1) is 19.1. The van der Waals surface area contributed by atoms with Gasteiger partial charge in [-0.3, -0.25) is 4.79 Å². The number of aryl methyl sites for hydroxylation is 2. The maximum atomic E-state index is 12.3. The normalized spacial score (nSPS) is 10.6. The fraction of sp³-hybridized carbons (Fsp3) is 0.273. The number of carbonyl (C=O) groups is 1. The molecule has 0 atom stereocenters. The monoisotopic (exact) mass is 380 g/mol. The average Bonchev–Trinajstić information content (AvgIpc) is 3.03. The molecular formula is C22H24N2O2S. The maximum absolute atomic E-state index is 12.3. The average molecular weight is 381 g/mol. The van der Waals surface area contributed by atoms with Gasteiger partial charge in [0.05, 0.1) is 25.3 Å². The molecule has 3 aromatic rings. The van der Waals surface area contributed by atoms with Crippen LogP contribution in [-0.2, 0) is 17.8 Å². The molecule has 1 amide bonds. The van der Waals surface area contributed by atoms with Crippen molar-refractivity contribution in [3.05, 3.63) is 70.2 Å². The number of amides is 1. The van der Waals surface area contributed by atoms with Gasteiger partial charge in [0.1, 0.15) is 10.8 Å². The van der Waals surface area contributed by atoms with Crippen LogP contribution in [0.4, 0.5) is 0 Å². The molecule has 140 valence electrons. The summed E-state index contributed by atoms with van der Waals surface area (Å²) >= 11 is 1.64. The Kier molecular flexibility index (Phi) is 6.24. The Morgan fingerprint density at radius 1 is 1.11 bits per heavy atom. The van der Waals surface area contributed by atoms with Crippen LogP contribution in [0.3, 0.4) is 0 Å². The first-order valence-electron chi connectivity index (χ1n) is 9.07. The van der Waals surface area contributed by atoms with E-state index in [0.717, 1.165) is 32.5 Å². The van der Waals surface area contributed by atoms with Gasteiger partial charge in [-0.05, 0) is 44.0 Å². The summed E-state index contributed by atoms with van der Waals surface area (Å²) in [7, 11) is 0. The fourth-order valence-electron chi connectivity index (χ4n) is 2.82. The lowest BCUT2D eigenvalue weighted by molar-refractivity contribution is -0.120. The van der Waals surface area contributed by atoms with E-state index in [0.29, 0.717) is 19.6 Å². The van der Waals surface area contributed by atoms with Crippen LogP contribution in [-0.4, -0.2) is 17.5 Å². The van der Waals surface area contributed by atoms with Crippen molar-refractivity contribution in [1.82, 2.24) is 10.3 Å². The summed E-state index contributed by atoms with van der Waals surface area (Å²) in [5, 5.41) is 4.01. The van der Waals surface area contributed by atoms with Gasteiger partial charge in [0.25, 0.3) is 0 Å². The molecule has 0 aliphatic heterocycles. The Labute approximate surface area is 164 Å². The van der Waals surface area contributed by atoms with Crippen molar-refractivity contribution in [1.29, 1.82) is 0 Å². The van der Waals surface area contributed by atoms with Crippen molar-refractivity contribution in [3.8, 4) is 16.3 Å². The second kappa shape index (κ2) is 8.82. The molecule has 1 N–H and O–H groups in total. The van der Waals surface area contributed by atoms with Crippen molar-refractivity contribution in [2.45, 2.75) is 33.7 Å². The zero-order valence-corrected chi connectivity index (χ0v) is 16.7. The van der Waals surface area contributed by atoms with Crippen LogP contribution in [0, 0.1) is 13.8 Å². The first-order chi connectivity index (χ1) is 13.1. The molecule has 0 aliphatic carbocycles. The molecule has 4 nitrogen and oxygen atoms in total. The number of nitrogens with zero attached hydrogens (tertiary/aromatic N) is 1. The highest BCUT2D eigenvalue weighted by Gasteiger charge is 2.12. The summed E-state index contributed by atoms with van der Waals surface area (Å²) in [6, 6.07) is 15.9. The minimum atomic E-state index is 0.00408. The van der Waals surface area contributed by atoms with Crippen LogP contribution in [0.2, 0.25) is 0 Å². The summed E-state index contributed by atoms with van der Waals surface area (Å²) in [5.74, 6) is 0.829. The molecule has 0 aliphatic rings. The summed E-state index contributed by atoms with van der Waals surface area (Å²) < 4.78 is 5.43. The zero-order chi connectivity index (χ0) is 19.2. The highest BCUT2D eigenvalue weighted by Crippen LogP contribution is 2.30. The van der Waals surface area contributed by atoms with Gasteiger partial charge in [0.2, 0.25) is 5.91 Å². The molecule has 3 rings (SSSR count). The molecule has 2 aromatic carbocycles. The van der Waals surface area contributed by atoms with Crippen molar-refractivity contribution in [3.63, 3.8) is 0 Å². The fourth-order valence-corrected chi connectivity index (χ4v) is 3.91. The van der Waals surface area contributed by atoms with Crippen LogP contribution in [0.15, 0.2) is 48.5 Å². The Bertz CT molecular complexity index is 916. The topological polar surface area (TPSA) is 51.2 Å². The van der Waals surface area contributed by atoms with Gasteiger partial charge >= 0.3 is 0 Å². The molecule has 0 saturated carbocycles. The van der Waals surface area contributed by atoms with Crippen LogP contribution in [0.25, 0.3) is 10.6 Å². The molecular weight excluding hydrogens is 356 g/mol. The number of carbonyl (C=O) groups excluding carboxylic acids is 1. The van der Waals surface area contributed by atoms with Crippen LogP contribution < -0.4 is 10.1 Å². The third-order valence-electron chi connectivity index (χ3n) is 4.31. The number of hydrogen-bond donors (Lipinski definition) is 1. The number of nitrogens with one attached hydrogen (secondary N) is 1. The third-order valence-corrected chi connectivity index (χ3v) is 5.50. The Morgan fingerprint density at radius 3 is 2.56 bits per heavy atom. The number of hydrogen-bond acceptors (Lipinski definition) is 4. The zero-order valence-electron chi connectivity index (χ0n) is 15.9. The minimum Gasteiger partial charge on any atom is -0.494 e. The lowest BCUT2D eigenvalue weighted by Gasteiger charge is -2.06. The van der Waals surface area contributed by atoms with Gasteiger partial charge in [0.15, 0.2) is 0 Å². The van der Waals surface area contributed by atoms with Crippen LogP contribution in [0.1, 0.15) is 28.6 Å². The van der Waals surface area contributed by atoms with Gasteiger partial charge in [-0.1, -0.05) is 36.4 Å². The summed E-state index contributed by atoms with van der Waals surface area (Å²) in [6.45, 7) is 7.17. The number of benzene rings is 2. The number of ether oxygens (including phenoxy) is 1. The lowest BCUT2D eigenvalue weighted by Crippen LogP contribution is -2.24. The van der Waals surface area contributed by atoms with E-state index in [-0.39, 0.29) is 5.91 Å².